The molecule has 2 aliphatic carbocycles. The smallest absolute Gasteiger partial charge is 0.338 e. The second kappa shape index (κ2) is 8.87. The molecule has 0 amide bonds. The average Bonchev–Trinajstić information content (AvgIpc) is 2.68. The summed E-state index contributed by atoms with van der Waals surface area (Å²) in [6.07, 6.45) is 12.7. The van der Waals surface area contributed by atoms with E-state index in [-0.39, 0.29) is 5.97 Å². The number of carbonyl (C=O) groups is 1. The highest BCUT2D eigenvalue weighted by Crippen LogP contribution is 2.44. The normalized spacial score (nSPS) is 30.0. The van der Waals surface area contributed by atoms with Gasteiger partial charge in [-0.15, -0.1) is 0 Å². The molecule has 0 heterocycles. The molecule has 1 aromatic rings. The Morgan fingerprint density at radius 1 is 0.880 bits per heavy atom. The van der Waals surface area contributed by atoms with Gasteiger partial charge in [0.25, 0.3) is 0 Å². The summed E-state index contributed by atoms with van der Waals surface area (Å²) in [5, 5.41) is 0. The Morgan fingerprint density at radius 2 is 1.44 bits per heavy atom. The SMILES string of the molecule is CCOC(=O)c1ccc([C@H]2CC[C@H]([C@H]3CC[C@H](CC)CC3)CC2)cc1. The van der Waals surface area contributed by atoms with Crippen LogP contribution < -0.4 is 0 Å². The summed E-state index contributed by atoms with van der Waals surface area (Å²) in [5.41, 5.74) is 2.08. The van der Waals surface area contributed by atoms with Gasteiger partial charge >= 0.3 is 5.97 Å². The molecule has 0 atom stereocenters. The van der Waals surface area contributed by atoms with E-state index in [2.05, 4.69) is 19.1 Å². The van der Waals surface area contributed by atoms with Crippen molar-refractivity contribution in [3.63, 3.8) is 0 Å². The van der Waals surface area contributed by atoms with Crippen molar-refractivity contribution in [1.82, 2.24) is 0 Å². The number of ether oxygens (including phenoxy) is 1. The largest absolute Gasteiger partial charge is 0.462 e. The van der Waals surface area contributed by atoms with Crippen molar-refractivity contribution in [3.05, 3.63) is 35.4 Å². The lowest BCUT2D eigenvalue weighted by atomic mass is 9.68. The van der Waals surface area contributed by atoms with Crippen molar-refractivity contribution < 1.29 is 9.53 Å². The van der Waals surface area contributed by atoms with E-state index in [1.54, 1.807) is 0 Å². The van der Waals surface area contributed by atoms with Gasteiger partial charge in [-0.1, -0.05) is 38.3 Å². The van der Waals surface area contributed by atoms with Crippen molar-refractivity contribution in [2.24, 2.45) is 17.8 Å². The van der Waals surface area contributed by atoms with Crippen LogP contribution in [0.5, 0.6) is 0 Å². The second-order valence-corrected chi connectivity index (χ2v) is 8.14. The lowest BCUT2D eigenvalue weighted by molar-refractivity contribution is 0.0526. The predicted octanol–water partition coefficient (Wildman–Crippen LogP) is 6.35. The molecule has 0 aromatic heterocycles. The summed E-state index contributed by atoms with van der Waals surface area (Å²) in [5.74, 6) is 3.44. The van der Waals surface area contributed by atoms with Crippen LogP contribution in [0.3, 0.4) is 0 Å². The molecule has 2 aliphatic rings. The summed E-state index contributed by atoms with van der Waals surface area (Å²) in [4.78, 5) is 11.8. The number of hydrogen-bond donors (Lipinski definition) is 0. The Kier molecular flexibility index (Phi) is 6.56. The fourth-order valence-electron chi connectivity index (χ4n) is 5.10. The Balaban J connectivity index is 1.50. The molecule has 2 fully saturated rings. The van der Waals surface area contributed by atoms with E-state index >= 15 is 0 Å². The molecule has 0 aliphatic heterocycles. The van der Waals surface area contributed by atoms with Crippen LogP contribution in [0.1, 0.15) is 93.5 Å². The first-order valence-electron chi connectivity index (χ1n) is 10.5. The first-order chi connectivity index (χ1) is 12.2. The van der Waals surface area contributed by atoms with Crippen molar-refractivity contribution in [1.29, 1.82) is 0 Å². The highest BCUT2D eigenvalue weighted by atomic mass is 16.5. The van der Waals surface area contributed by atoms with Crippen molar-refractivity contribution in [2.75, 3.05) is 6.61 Å². The topological polar surface area (TPSA) is 26.3 Å². The molecule has 2 nitrogen and oxygen atoms in total. The Labute approximate surface area is 153 Å². The maximum absolute atomic E-state index is 11.8. The fraction of sp³-hybridized carbons (Fsp3) is 0.696. The molecule has 0 radical (unpaired) electrons. The molecule has 1 aromatic carbocycles. The standard InChI is InChI=1S/C23H34O2/c1-3-17-5-7-18(8-6-17)19-9-11-20(12-10-19)21-13-15-22(16-14-21)23(24)25-4-2/h13-20H,3-12H2,1-2H3/t17-,18-,19-,20-. The monoisotopic (exact) mass is 342 g/mol. The molecule has 138 valence electrons. The molecule has 0 saturated heterocycles. The van der Waals surface area contributed by atoms with Crippen molar-refractivity contribution >= 4 is 5.97 Å². The summed E-state index contributed by atoms with van der Waals surface area (Å²) in [7, 11) is 0. The zero-order chi connectivity index (χ0) is 17.6. The van der Waals surface area contributed by atoms with Gasteiger partial charge in [-0.05, 0) is 86.8 Å². The fourth-order valence-corrected chi connectivity index (χ4v) is 5.10. The van der Waals surface area contributed by atoms with Crippen molar-refractivity contribution in [2.45, 2.75) is 77.6 Å². The van der Waals surface area contributed by atoms with E-state index < -0.39 is 0 Å². The molecule has 0 bridgehead atoms. The van der Waals surface area contributed by atoms with Gasteiger partial charge in [-0.25, -0.2) is 4.79 Å². The number of esters is 1. The third-order valence-corrected chi connectivity index (χ3v) is 6.80. The van der Waals surface area contributed by atoms with Gasteiger partial charge in [0.1, 0.15) is 0 Å². The van der Waals surface area contributed by atoms with Gasteiger partial charge < -0.3 is 4.74 Å². The quantitative estimate of drug-likeness (QED) is 0.582. The molecule has 0 N–H and O–H groups in total. The number of hydrogen-bond acceptors (Lipinski definition) is 2. The average molecular weight is 343 g/mol. The lowest BCUT2D eigenvalue weighted by Crippen LogP contribution is -2.25. The van der Waals surface area contributed by atoms with Gasteiger partial charge in [-0.3, -0.25) is 0 Å². The minimum absolute atomic E-state index is 0.208. The Hall–Kier alpha value is -1.31. The Bertz CT molecular complexity index is 532. The highest BCUT2D eigenvalue weighted by molar-refractivity contribution is 5.89. The minimum atomic E-state index is -0.208. The van der Waals surface area contributed by atoms with Gasteiger partial charge in [-0.2, -0.15) is 0 Å². The van der Waals surface area contributed by atoms with E-state index in [1.165, 1.54) is 63.4 Å². The van der Waals surface area contributed by atoms with Crippen LogP contribution in [0.15, 0.2) is 24.3 Å². The zero-order valence-electron chi connectivity index (χ0n) is 16.0. The molecule has 2 saturated carbocycles. The van der Waals surface area contributed by atoms with Gasteiger partial charge in [0, 0.05) is 0 Å². The van der Waals surface area contributed by atoms with E-state index in [0.717, 1.165) is 17.8 Å². The lowest BCUT2D eigenvalue weighted by Gasteiger charge is -2.38. The molecular formula is C23H34O2. The number of carbonyl (C=O) groups excluding carboxylic acids is 1. The molecule has 3 rings (SSSR count). The van der Waals surface area contributed by atoms with E-state index in [4.69, 9.17) is 4.74 Å². The predicted molar refractivity (Wildman–Crippen MR) is 103 cm³/mol. The van der Waals surface area contributed by atoms with Gasteiger partial charge in [0.2, 0.25) is 0 Å². The summed E-state index contributed by atoms with van der Waals surface area (Å²) in [6, 6.07) is 8.16. The molecule has 2 heteroatoms. The van der Waals surface area contributed by atoms with Crippen LogP contribution in [0.2, 0.25) is 0 Å². The molecule has 25 heavy (non-hydrogen) atoms. The van der Waals surface area contributed by atoms with Crippen LogP contribution in [-0.4, -0.2) is 12.6 Å². The minimum Gasteiger partial charge on any atom is -0.462 e. The highest BCUT2D eigenvalue weighted by Gasteiger charge is 2.30. The second-order valence-electron chi connectivity index (χ2n) is 8.14. The van der Waals surface area contributed by atoms with Crippen molar-refractivity contribution in [3.8, 4) is 0 Å². The number of benzene rings is 1. The van der Waals surface area contributed by atoms with E-state index in [1.807, 2.05) is 19.1 Å². The van der Waals surface area contributed by atoms with Crippen LogP contribution in [-0.2, 0) is 4.74 Å². The molecular weight excluding hydrogens is 308 g/mol. The summed E-state index contributed by atoms with van der Waals surface area (Å²) < 4.78 is 5.07. The van der Waals surface area contributed by atoms with E-state index in [9.17, 15) is 4.79 Å². The third-order valence-electron chi connectivity index (χ3n) is 6.80. The third kappa shape index (κ3) is 4.65. The maximum atomic E-state index is 11.8. The van der Waals surface area contributed by atoms with Crippen LogP contribution in [0.4, 0.5) is 0 Å². The summed E-state index contributed by atoms with van der Waals surface area (Å²) in [6.45, 7) is 4.63. The maximum Gasteiger partial charge on any atom is 0.338 e. The van der Waals surface area contributed by atoms with Crippen LogP contribution in [0.25, 0.3) is 0 Å². The first kappa shape index (κ1) is 18.5. The van der Waals surface area contributed by atoms with Gasteiger partial charge in [0.15, 0.2) is 0 Å². The zero-order valence-corrected chi connectivity index (χ0v) is 16.0. The van der Waals surface area contributed by atoms with Crippen LogP contribution >= 0.6 is 0 Å². The number of rotatable bonds is 5. The van der Waals surface area contributed by atoms with E-state index in [0.29, 0.717) is 18.1 Å². The summed E-state index contributed by atoms with van der Waals surface area (Å²) >= 11 is 0. The Morgan fingerprint density at radius 3 is 1.96 bits per heavy atom. The first-order valence-corrected chi connectivity index (χ1v) is 10.5. The van der Waals surface area contributed by atoms with Crippen LogP contribution in [0, 0.1) is 17.8 Å². The molecule has 0 spiro atoms. The molecule has 0 unspecified atom stereocenters. The van der Waals surface area contributed by atoms with Gasteiger partial charge in [0.05, 0.1) is 12.2 Å².